The lowest BCUT2D eigenvalue weighted by atomic mass is 9.98. The number of fused-ring (bicyclic) bond motifs is 1. The summed E-state index contributed by atoms with van der Waals surface area (Å²) in [5.41, 5.74) is 1.02. The Hall–Kier alpha value is -2.20. The topological polar surface area (TPSA) is 62.2 Å². The van der Waals surface area contributed by atoms with Crippen molar-refractivity contribution < 1.29 is 9.90 Å². The van der Waals surface area contributed by atoms with Gasteiger partial charge >= 0.3 is 0 Å². The molecule has 0 saturated heterocycles. The van der Waals surface area contributed by atoms with Crippen LogP contribution in [0.25, 0.3) is 17.0 Å². The molecule has 1 aromatic heterocycles. The summed E-state index contributed by atoms with van der Waals surface area (Å²) in [6, 6.07) is 9.68. The van der Waals surface area contributed by atoms with Gasteiger partial charge in [-0.25, -0.2) is 0 Å². The lowest BCUT2D eigenvalue weighted by molar-refractivity contribution is -0.117. The molecule has 4 heteroatoms. The largest absolute Gasteiger partial charge is 0.388 e. The number of aromatic nitrogens is 1. The Kier molecular flexibility index (Phi) is 5.28. The third-order valence-electron chi connectivity index (χ3n) is 4.00. The van der Waals surface area contributed by atoms with Crippen LogP contribution >= 0.6 is 0 Å². The number of carbonyl (C=O) groups excluding carboxylic acids is 1. The molecule has 2 aromatic rings. The van der Waals surface area contributed by atoms with Gasteiger partial charge in [-0.1, -0.05) is 32.0 Å². The van der Waals surface area contributed by atoms with Crippen LogP contribution < -0.4 is 5.32 Å². The van der Waals surface area contributed by atoms with E-state index in [1.54, 1.807) is 12.3 Å². The van der Waals surface area contributed by atoms with E-state index in [1.165, 1.54) is 6.08 Å². The molecule has 0 saturated carbocycles. The summed E-state index contributed by atoms with van der Waals surface area (Å²) in [7, 11) is 0. The number of pyridine rings is 1. The highest BCUT2D eigenvalue weighted by atomic mass is 16.3. The Labute approximate surface area is 130 Å². The number of nitrogens with zero attached hydrogens (tertiary/aromatic N) is 1. The zero-order valence-electron chi connectivity index (χ0n) is 13.0. The smallest absolute Gasteiger partial charge is 0.244 e. The van der Waals surface area contributed by atoms with Crippen molar-refractivity contribution in [1.29, 1.82) is 0 Å². The van der Waals surface area contributed by atoms with Crippen LogP contribution in [-0.2, 0) is 4.79 Å². The van der Waals surface area contributed by atoms with Crippen molar-refractivity contribution >= 4 is 22.9 Å². The molecule has 0 radical (unpaired) electrons. The highest BCUT2D eigenvalue weighted by Crippen LogP contribution is 2.17. The molecule has 1 aromatic carbocycles. The fourth-order valence-corrected chi connectivity index (χ4v) is 2.24. The minimum Gasteiger partial charge on any atom is -0.388 e. The molecule has 0 aliphatic heterocycles. The number of aliphatic hydroxyl groups is 1. The molecule has 116 valence electrons. The molecule has 0 atom stereocenters. The fraction of sp³-hybridized carbons (Fsp3) is 0.333. The monoisotopic (exact) mass is 298 g/mol. The van der Waals surface area contributed by atoms with Crippen molar-refractivity contribution in [2.24, 2.45) is 0 Å². The second-order valence-electron chi connectivity index (χ2n) is 5.40. The van der Waals surface area contributed by atoms with Crippen molar-refractivity contribution in [3.05, 3.63) is 48.2 Å². The van der Waals surface area contributed by atoms with Crippen LogP contribution in [0, 0.1) is 0 Å². The standard InChI is InChI=1S/C18H22N2O2/c1-3-18(22,4-2)13-20-17(21)10-9-14-11-12-19-16-8-6-5-7-15(14)16/h5-12,22H,3-4,13H2,1-2H3,(H,20,21)/b10-9+. The van der Waals surface area contributed by atoms with E-state index < -0.39 is 5.60 Å². The molecule has 0 aliphatic carbocycles. The quantitative estimate of drug-likeness (QED) is 0.806. The van der Waals surface area contributed by atoms with Crippen LogP contribution in [0.2, 0.25) is 0 Å². The molecule has 0 fully saturated rings. The minimum atomic E-state index is -0.827. The molecule has 22 heavy (non-hydrogen) atoms. The lowest BCUT2D eigenvalue weighted by Crippen LogP contribution is -2.41. The zero-order chi connectivity index (χ0) is 16.0. The average molecular weight is 298 g/mol. The van der Waals surface area contributed by atoms with Crippen LogP contribution in [-0.4, -0.2) is 28.1 Å². The molecule has 0 spiro atoms. The van der Waals surface area contributed by atoms with Crippen molar-refractivity contribution in [1.82, 2.24) is 10.3 Å². The van der Waals surface area contributed by atoms with Crippen molar-refractivity contribution in [3.8, 4) is 0 Å². The third kappa shape index (κ3) is 3.92. The molecule has 1 amide bonds. The summed E-state index contributed by atoms with van der Waals surface area (Å²) in [6.07, 6.45) is 6.22. The van der Waals surface area contributed by atoms with Gasteiger partial charge in [-0.3, -0.25) is 9.78 Å². The van der Waals surface area contributed by atoms with Crippen molar-refractivity contribution in [2.45, 2.75) is 32.3 Å². The first-order chi connectivity index (χ1) is 10.6. The Morgan fingerprint density at radius 2 is 2.00 bits per heavy atom. The van der Waals surface area contributed by atoms with Crippen molar-refractivity contribution in [2.75, 3.05) is 6.54 Å². The number of hydrogen-bond acceptors (Lipinski definition) is 3. The first-order valence-electron chi connectivity index (χ1n) is 7.60. The van der Waals surface area contributed by atoms with Crippen LogP contribution in [0.3, 0.4) is 0 Å². The number of hydrogen-bond donors (Lipinski definition) is 2. The molecule has 2 N–H and O–H groups in total. The summed E-state index contributed by atoms with van der Waals surface area (Å²) >= 11 is 0. The molecule has 0 unspecified atom stereocenters. The highest BCUT2D eigenvalue weighted by Gasteiger charge is 2.22. The number of carbonyl (C=O) groups is 1. The lowest BCUT2D eigenvalue weighted by Gasteiger charge is -2.24. The second kappa shape index (κ2) is 7.18. The Morgan fingerprint density at radius 3 is 2.73 bits per heavy atom. The van der Waals surface area contributed by atoms with Gasteiger partial charge in [0.25, 0.3) is 0 Å². The van der Waals surface area contributed by atoms with Gasteiger partial charge in [0.15, 0.2) is 0 Å². The highest BCUT2D eigenvalue weighted by molar-refractivity contribution is 5.95. The number of benzene rings is 1. The fourth-order valence-electron chi connectivity index (χ4n) is 2.24. The zero-order valence-corrected chi connectivity index (χ0v) is 13.0. The Bertz CT molecular complexity index is 670. The summed E-state index contributed by atoms with van der Waals surface area (Å²) in [5.74, 6) is -0.207. The molecule has 4 nitrogen and oxygen atoms in total. The number of amides is 1. The van der Waals surface area contributed by atoms with Gasteiger partial charge < -0.3 is 10.4 Å². The van der Waals surface area contributed by atoms with Gasteiger partial charge in [-0.2, -0.15) is 0 Å². The predicted molar refractivity (Wildman–Crippen MR) is 89.3 cm³/mol. The average Bonchev–Trinajstić information content (AvgIpc) is 2.57. The number of rotatable bonds is 6. The predicted octanol–water partition coefficient (Wildman–Crippen LogP) is 2.92. The van der Waals surface area contributed by atoms with Crippen LogP contribution in [0.1, 0.15) is 32.3 Å². The number of nitrogens with one attached hydrogen (secondary N) is 1. The summed E-state index contributed by atoms with van der Waals surface area (Å²) in [5, 5.41) is 13.9. The van der Waals surface area contributed by atoms with Crippen LogP contribution in [0.5, 0.6) is 0 Å². The molecular weight excluding hydrogens is 276 g/mol. The maximum atomic E-state index is 11.9. The van der Waals surface area contributed by atoms with E-state index in [9.17, 15) is 9.90 Å². The van der Waals surface area contributed by atoms with E-state index in [4.69, 9.17) is 0 Å². The van der Waals surface area contributed by atoms with E-state index in [2.05, 4.69) is 10.3 Å². The molecular formula is C18H22N2O2. The summed E-state index contributed by atoms with van der Waals surface area (Å²) < 4.78 is 0. The Morgan fingerprint density at radius 1 is 1.27 bits per heavy atom. The normalized spacial score (nSPS) is 12.0. The summed E-state index contributed by atoms with van der Waals surface area (Å²) in [4.78, 5) is 16.2. The van der Waals surface area contributed by atoms with Gasteiger partial charge in [0.2, 0.25) is 5.91 Å². The minimum absolute atomic E-state index is 0.207. The van der Waals surface area contributed by atoms with Crippen LogP contribution in [0.4, 0.5) is 0 Å². The summed E-state index contributed by atoms with van der Waals surface area (Å²) in [6.45, 7) is 4.09. The van der Waals surface area contributed by atoms with Gasteiger partial charge in [-0.15, -0.1) is 0 Å². The Balaban J connectivity index is 2.06. The van der Waals surface area contributed by atoms with Gasteiger partial charge in [0, 0.05) is 24.2 Å². The van der Waals surface area contributed by atoms with E-state index in [1.807, 2.05) is 44.2 Å². The van der Waals surface area contributed by atoms with Crippen molar-refractivity contribution in [3.63, 3.8) is 0 Å². The molecule has 2 rings (SSSR count). The first kappa shape index (κ1) is 16.2. The van der Waals surface area contributed by atoms with Gasteiger partial charge in [0.05, 0.1) is 11.1 Å². The maximum absolute atomic E-state index is 11.9. The van der Waals surface area contributed by atoms with E-state index in [0.29, 0.717) is 12.8 Å². The van der Waals surface area contributed by atoms with Gasteiger partial charge in [-0.05, 0) is 36.6 Å². The van der Waals surface area contributed by atoms with Gasteiger partial charge in [0.1, 0.15) is 0 Å². The van der Waals surface area contributed by atoms with E-state index in [0.717, 1.165) is 16.5 Å². The molecule has 0 aliphatic rings. The molecule has 1 heterocycles. The third-order valence-corrected chi connectivity index (χ3v) is 4.00. The SMILES string of the molecule is CCC(O)(CC)CNC(=O)/C=C/c1ccnc2ccccc12. The van der Waals surface area contributed by atoms with E-state index in [-0.39, 0.29) is 12.5 Å². The second-order valence-corrected chi connectivity index (χ2v) is 5.40. The van der Waals surface area contributed by atoms with Crippen LogP contribution in [0.15, 0.2) is 42.6 Å². The maximum Gasteiger partial charge on any atom is 0.244 e. The van der Waals surface area contributed by atoms with E-state index >= 15 is 0 Å². The first-order valence-corrected chi connectivity index (χ1v) is 7.60. The number of para-hydroxylation sites is 1. The molecule has 0 bridgehead atoms.